The summed E-state index contributed by atoms with van der Waals surface area (Å²) in [7, 11) is 0. The van der Waals surface area contributed by atoms with Crippen molar-refractivity contribution in [2.75, 3.05) is 9.80 Å². The molecule has 306 valence electrons. The van der Waals surface area contributed by atoms with Crippen molar-refractivity contribution in [1.82, 2.24) is 0 Å². The molecule has 6 aromatic carbocycles. The van der Waals surface area contributed by atoms with Gasteiger partial charge in [0, 0.05) is 57.6 Å². The van der Waals surface area contributed by atoms with E-state index < -0.39 is 0 Å². The number of rotatable bonds is 8. The normalized spacial score (nSPS) is 21.5. The second-order valence-electron chi connectivity index (χ2n) is 17.9. The first-order valence-corrected chi connectivity index (χ1v) is 22.2. The summed E-state index contributed by atoms with van der Waals surface area (Å²) in [6.45, 7) is 11.8. The first kappa shape index (κ1) is 38.6. The molecule has 0 amide bonds. The fraction of sp³-hybridized carbons (Fsp3) is 0.153. The molecule has 0 spiro atoms. The fourth-order valence-corrected chi connectivity index (χ4v) is 10.6. The van der Waals surface area contributed by atoms with Crippen LogP contribution in [0.3, 0.4) is 0 Å². The van der Waals surface area contributed by atoms with Gasteiger partial charge in [-0.05, 0) is 76.7 Å². The van der Waals surface area contributed by atoms with Crippen LogP contribution in [0.25, 0.3) is 11.3 Å². The summed E-state index contributed by atoms with van der Waals surface area (Å²) in [6, 6.07) is 54.4. The summed E-state index contributed by atoms with van der Waals surface area (Å²) in [5.41, 5.74) is 18.2. The molecule has 4 nitrogen and oxygen atoms in total. The Kier molecular flexibility index (Phi) is 9.53. The van der Waals surface area contributed by atoms with E-state index in [1.165, 1.54) is 44.9 Å². The fourth-order valence-electron chi connectivity index (χ4n) is 10.6. The van der Waals surface area contributed by atoms with Gasteiger partial charge in [-0.15, -0.1) is 0 Å². The molecule has 0 N–H and O–H groups in total. The molecule has 4 unspecified atom stereocenters. The topological polar surface area (TPSA) is 31.2 Å². The number of para-hydroxylation sites is 1. The zero-order valence-corrected chi connectivity index (χ0v) is 36.1. The van der Waals surface area contributed by atoms with Gasteiger partial charge in [0.05, 0.1) is 34.9 Å². The number of fused-ring (bicyclic) bond motifs is 7. The molecule has 5 aliphatic rings. The molecule has 0 saturated heterocycles. The SMILES string of the molecule is C=C(/C=C(\N=C(C)c1ccccc1)c1ccccc1)N1c2c(ccc3c2CC(c2ccccc2)=N3)C2C=C(c3ccc4c(c3)C(C)(C)C3C=CC=CC3N4c3ccccc3)C=CC21. The van der Waals surface area contributed by atoms with E-state index in [0.717, 1.165) is 51.6 Å². The average molecular weight is 815 g/mol. The van der Waals surface area contributed by atoms with E-state index in [0.29, 0.717) is 5.92 Å². The van der Waals surface area contributed by atoms with Crippen molar-refractivity contribution in [3.63, 3.8) is 0 Å². The first-order chi connectivity index (χ1) is 30.8. The minimum atomic E-state index is -0.0836. The molecule has 0 saturated carbocycles. The van der Waals surface area contributed by atoms with Crippen molar-refractivity contribution < 1.29 is 0 Å². The highest BCUT2D eigenvalue weighted by atomic mass is 15.2. The average Bonchev–Trinajstić information content (AvgIpc) is 3.92. The summed E-state index contributed by atoms with van der Waals surface area (Å²) in [4.78, 5) is 15.5. The predicted molar refractivity (Wildman–Crippen MR) is 265 cm³/mol. The van der Waals surface area contributed by atoms with Crippen LogP contribution in [0.15, 0.2) is 223 Å². The van der Waals surface area contributed by atoms with Gasteiger partial charge in [0.2, 0.25) is 0 Å². The maximum atomic E-state index is 5.29. The van der Waals surface area contributed by atoms with Crippen LogP contribution in [0.2, 0.25) is 0 Å². The highest BCUT2D eigenvalue weighted by Gasteiger charge is 2.46. The van der Waals surface area contributed by atoms with Crippen LogP contribution in [-0.2, 0) is 11.8 Å². The van der Waals surface area contributed by atoms with Crippen molar-refractivity contribution in [1.29, 1.82) is 0 Å². The Morgan fingerprint density at radius 3 is 2.16 bits per heavy atom. The van der Waals surface area contributed by atoms with Crippen LogP contribution < -0.4 is 9.80 Å². The van der Waals surface area contributed by atoms with E-state index in [1.807, 2.05) is 6.07 Å². The van der Waals surface area contributed by atoms with Crippen LogP contribution in [0.4, 0.5) is 22.7 Å². The zero-order valence-electron chi connectivity index (χ0n) is 36.1. The molecule has 0 radical (unpaired) electrons. The number of allylic oxidation sites excluding steroid dienone is 5. The standard InChI is InChI=1S/C59H50N4/c1-39(35-53(42-21-11-6-12-22-42)60-40(2)41-19-9-5-10-20-41)62-55-33-29-44(36-48(55)47-31-32-52-49(58(47)62)38-54(61-52)43-23-13-7-14-24-43)45-30-34-57-51(37-45)59(3,4)50-27-17-18-28-56(50)63(57)46-25-15-8-16-26-46/h5-37,48,50,55-56H,1,38H2,2-4H3/b53-35-,60-40?. The Morgan fingerprint density at radius 1 is 0.730 bits per heavy atom. The number of aliphatic imine (C=N–C) groups is 2. The van der Waals surface area contributed by atoms with Gasteiger partial charge in [-0.25, -0.2) is 0 Å². The second kappa shape index (κ2) is 15.6. The maximum absolute atomic E-state index is 5.29. The van der Waals surface area contributed by atoms with Crippen molar-refractivity contribution in [3.05, 3.63) is 251 Å². The minimum absolute atomic E-state index is 0.0264. The zero-order chi connectivity index (χ0) is 42.7. The summed E-state index contributed by atoms with van der Waals surface area (Å²) in [5, 5.41) is 0. The van der Waals surface area contributed by atoms with Gasteiger partial charge in [-0.2, -0.15) is 0 Å². The minimum Gasteiger partial charge on any atom is -0.334 e. The molecule has 0 fully saturated rings. The van der Waals surface area contributed by atoms with Crippen molar-refractivity contribution in [2.24, 2.45) is 15.9 Å². The number of hydrogen-bond acceptors (Lipinski definition) is 4. The molecule has 3 heterocycles. The van der Waals surface area contributed by atoms with Crippen LogP contribution >= 0.6 is 0 Å². The lowest BCUT2D eigenvalue weighted by Crippen LogP contribution is -2.49. The van der Waals surface area contributed by atoms with E-state index in [2.05, 4.69) is 225 Å². The molecule has 2 aliphatic carbocycles. The smallest absolute Gasteiger partial charge is 0.0725 e. The molecule has 4 heteroatoms. The van der Waals surface area contributed by atoms with Crippen molar-refractivity contribution in [2.45, 2.75) is 50.6 Å². The third kappa shape index (κ3) is 6.69. The van der Waals surface area contributed by atoms with Gasteiger partial charge in [0.1, 0.15) is 0 Å². The van der Waals surface area contributed by atoms with E-state index in [-0.39, 0.29) is 23.4 Å². The Bertz CT molecular complexity index is 2980. The van der Waals surface area contributed by atoms with Gasteiger partial charge in [-0.3, -0.25) is 9.98 Å². The lowest BCUT2D eigenvalue weighted by molar-refractivity contribution is 0.332. The third-order valence-electron chi connectivity index (χ3n) is 13.8. The van der Waals surface area contributed by atoms with Gasteiger partial charge >= 0.3 is 0 Å². The summed E-state index contributed by atoms with van der Waals surface area (Å²) >= 11 is 0. The molecule has 63 heavy (non-hydrogen) atoms. The molecular weight excluding hydrogens is 765 g/mol. The van der Waals surface area contributed by atoms with E-state index in [1.54, 1.807) is 0 Å². The van der Waals surface area contributed by atoms with Crippen LogP contribution in [0.1, 0.15) is 65.6 Å². The van der Waals surface area contributed by atoms with E-state index in [9.17, 15) is 0 Å². The highest BCUT2D eigenvalue weighted by molar-refractivity contribution is 6.08. The monoisotopic (exact) mass is 814 g/mol. The lowest BCUT2D eigenvalue weighted by atomic mass is 9.64. The van der Waals surface area contributed by atoms with Gasteiger partial charge in [0.15, 0.2) is 0 Å². The predicted octanol–water partition coefficient (Wildman–Crippen LogP) is 13.9. The Labute approximate surface area is 371 Å². The van der Waals surface area contributed by atoms with E-state index in [4.69, 9.17) is 16.6 Å². The van der Waals surface area contributed by atoms with Gasteiger partial charge < -0.3 is 9.80 Å². The van der Waals surface area contributed by atoms with Gasteiger partial charge in [0.25, 0.3) is 0 Å². The van der Waals surface area contributed by atoms with E-state index >= 15 is 0 Å². The molecule has 11 rings (SSSR count). The molecule has 3 aliphatic heterocycles. The summed E-state index contributed by atoms with van der Waals surface area (Å²) < 4.78 is 0. The number of anilines is 3. The molecule has 0 aromatic heterocycles. The largest absolute Gasteiger partial charge is 0.334 e. The van der Waals surface area contributed by atoms with Crippen LogP contribution in [0, 0.1) is 5.92 Å². The number of benzene rings is 6. The van der Waals surface area contributed by atoms with Crippen LogP contribution in [0.5, 0.6) is 0 Å². The summed E-state index contributed by atoms with van der Waals surface area (Å²) in [6.07, 6.45) is 19.4. The molecule has 0 bridgehead atoms. The Balaban J connectivity index is 1.02. The maximum Gasteiger partial charge on any atom is 0.0725 e. The third-order valence-corrected chi connectivity index (χ3v) is 13.8. The van der Waals surface area contributed by atoms with Gasteiger partial charge in [-0.1, -0.05) is 184 Å². The number of nitrogens with zero attached hydrogens (tertiary/aromatic N) is 4. The van der Waals surface area contributed by atoms with Crippen LogP contribution in [-0.4, -0.2) is 23.5 Å². The molecule has 4 atom stereocenters. The molecular formula is C59H50N4. The summed E-state index contributed by atoms with van der Waals surface area (Å²) in [5.74, 6) is 0.429. The Morgan fingerprint density at radius 2 is 1.41 bits per heavy atom. The van der Waals surface area contributed by atoms with Crippen molar-refractivity contribution in [3.8, 4) is 0 Å². The Hall–Kier alpha value is -7.30. The highest BCUT2D eigenvalue weighted by Crippen LogP contribution is 2.54. The first-order valence-electron chi connectivity index (χ1n) is 22.2. The quantitative estimate of drug-likeness (QED) is 0.113. The van der Waals surface area contributed by atoms with Crippen molar-refractivity contribution >= 4 is 45.4 Å². The lowest BCUT2D eigenvalue weighted by Gasteiger charge is -2.51. The number of hydrogen-bond donors (Lipinski definition) is 0. The molecule has 6 aromatic rings. The second-order valence-corrected chi connectivity index (χ2v) is 17.9.